The summed E-state index contributed by atoms with van der Waals surface area (Å²) in [6.45, 7) is 9.19. The maximum Gasteiger partial charge on any atom is 0.261 e. The van der Waals surface area contributed by atoms with E-state index < -0.39 is 17.5 Å². The molecule has 2 aromatic carbocycles. The van der Waals surface area contributed by atoms with Crippen LogP contribution in [0.4, 0.5) is 5.69 Å². The van der Waals surface area contributed by atoms with Gasteiger partial charge < -0.3 is 20.1 Å². The van der Waals surface area contributed by atoms with Crippen LogP contribution in [0, 0.1) is 13.8 Å². The summed E-state index contributed by atoms with van der Waals surface area (Å²) in [5.74, 6) is -0.232. The Bertz CT molecular complexity index is 1300. The first-order valence-electron chi connectivity index (χ1n) is 12.2. The first kappa shape index (κ1) is 28.7. The molecular weight excluding hydrogens is 502 g/mol. The van der Waals surface area contributed by atoms with Crippen LogP contribution in [-0.4, -0.2) is 44.0 Å². The van der Waals surface area contributed by atoms with Crippen LogP contribution in [0.15, 0.2) is 53.9 Å². The molecule has 0 saturated carbocycles. The zero-order valence-electron chi connectivity index (χ0n) is 22.9. The molecule has 0 aliphatic rings. The van der Waals surface area contributed by atoms with Gasteiger partial charge in [0.15, 0.2) is 11.5 Å². The van der Waals surface area contributed by atoms with Crippen LogP contribution in [0.2, 0.25) is 0 Å². The Labute approximate surface area is 228 Å². The van der Waals surface area contributed by atoms with Crippen LogP contribution in [0.25, 0.3) is 0 Å². The normalized spacial score (nSPS) is 11.9. The first-order chi connectivity index (χ1) is 18.0. The molecule has 0 unspecified atom stereocenters. The number of nitrogens with one attached hydrogen (secondary N) is 2. The van der Waals surface area contributed by atoms with E-state index in [-0.39, 0.29) is 18.4 Å². The van der Waals surface area contributed by atoms with Gasteiger partial charge in [0.1, 0.15) is 6.04 Å². The fraction of sp³-hybridized carbons (Fsp3) is 0.345. The molecule has 0 aliphatic carbocycles. The van der Waals surface area contributed by atoms with Crippen LogP contribution in [0.1, 0.15) is 53.2 Å². The van der Waals surface area contributed by atoms with Gasteiger partial charge >= 0.3 is 0 Å². The quantitative estimate of drug-likeness (QED) is 0.409. The fourth-order valence-electron chi connectivity index (χ4n) is 4.03. The standard InChI is InChI=1S/C29H35N3O5S/c1-18-10-8-11-21(19(18)2)32(25(33)17-30-27(34)24-12-9-15-38-24)26(28(35)31-29(3,4)5)20-13-14-22(36-6)23(16-20)37-7/h8-16,26H,17H2,1-7H3,(H,30,34)(H,31,35)/t26-/m1/s1. The smallest absolute Gasteiger partial charge is 0.261 e. The number of ether oxygens (including phenoxy) is 2. The van der Waals surface area contributed by atoms with Gasteiger partial charge in [-0.2, -0.15) is 0 Å². The summed E-state index contributed by atoms with van der Waals surface area (Å²) in [6, 6.07) is 13.1. The largest absolute Gasteiger partial charge is 0.493 e. The van der Waals surface area contributed by atoms with E-state index in [1.807, 2.05) is 46.8 Å². The lowest BCUT2D eigenvalue weighted by molar-refractivity contribution is -0.127. The number of benzene rings is 2. The third kappa shape index (κ3) is 6.72. The minimum atomic E-state index is -1.05. The third-order valence-electron chi connectivity index (χ3n) is 5.98. The molecule has 2 N–H and O–H groups in total. The Balaban J connectivity index is 2.14. The monoisotopic (exact) mass is 537 g/mol. The van der Waals surface area contributed by atoms with Crippen LogP contribution >= 0.6 is 11.3 Å². The Morgan fingerprint density at radius 3 is 2.29 bits per heavy atom. The number of carbonyl (C=O) groups is 3. The SMILES string of the molecule is COc1ccc([C@H](C(=O)NC(C)(C)C)N(C(=O)CNC(=O)c2cccs2)c2cccc(C)c2C)cc1OC. The highest BCUT2D eigenvalue weighted by molar-refractivity contribution is 7.12. The highest BCUT2D eigenvalue weighted by atomic mass is 32.1. The Hall–Kier alpha value is -3.85. The van der Waals surface area contributed by atoms with Crippen molar-refractivity contribution in [3.8, 4) is 11.5 Å². The van der Waals surface area contributed by atoms with E-state index in [4.69, 9.17) is 9.47 Å². The summed E-state index contributed by atoms with van der Waals surface area (Å²) in [6.07, 6.45) is 0. The number of hydrogen-bond donors (Lipinski definition) is 2. The summed E-state index contributed by atoms with van der Waals surface area (Å²) in [7, 11) is 3.04. The van der Waals surface area contributed by atoms with E-state index >= 15 is 0 Å². The predicted octanol–water partition coefficient (Wildman–Crippen LogP) is 4.80. The maximum atomic E-state index is 13.9. The van der Waals surface area contributed by atoms with E-state index in [0.29, 0.717) is 27.6 Å². The fourth-order valence-corrected chi connectivity index (χ4v) is 4.67. The number of hydrogen-bond acceptors (Lipinski definition) is 6. The van der Waals surface area contributed by atoms with Crippen LogP contribution < -0.4 is 25.0 Å². The Kier molecular flexibility index (Phi) is 9.17. The average molecular weight is 538 g/mol. The number of thiophene rings is 1. The highest BCUT2D eigenvalue weighted by Crippen LogP contribution is 2.36. The number of carbonyl (C=O) groups excluding carboxylic acids is 3. The van der Waals surface area contributed by atoms with Gasteiger partial charge in [0.2, 0.25) is 11.8 Å². The molecule has 0 radical (unpaired) electrons. The zero-order chi connectivity index (χ0) is 28.0. The van der Waals surface area contributed by atoms with Crippen molar-refractivity contribution < 1.29 is 23.9 Å². The second kappa shape index (κ2) is 12.1. The summed E-state index contributed by atoms with van der Waals surface area (Å²) in [5.41, 5.74) is 2.35. The maximum absolute atomic E-state index is 13.9. The van der Waals surface area contributed by atoms with Crippen molar-refractivity contribution in [2.75, 3.05) is 25.7 Å². The summed E-state index contributed by atoms with van der Waals surface area (Å²) in [5, 5.41) is 7.52. The van der Waals surface area contributed by atoms with Crippen LogP contribution in [0.3, 0.4) is 0 Å². The van der Waals surface area contributed by atoms with E-state index in [0.717, 1.165) is 11.1 Å². The van der Waals surface area contributed by atoms with E-state index in [1.165, 1.54) is 30.5 Å². The van der Waals surface area contributed by atoms with E-state index in [9.17, 15) is 14.4 Å². The predicted molar refractivity (Wildman–Crippen MR) is 150 cm³/mol. The van der Waals surface area contributed by atoms with Crippen molar-refractivity contribution in [2.45, 2.75) is 46.2 Å². The summed E-state index contributed by atoms with van der Waals surface area (Å²) >= 11 is 1.29. The number of amides is 3. The van der Waals surface area contributed by atoms with Crippen molar-refractivity contribution in [1.29, 1.82) is 0 Å². The zero-order valence-corrected chi connectivity index (χ0v) is 23.7. The Morgan fingerprint density at radius 2 is 1.68 bits per heavy atom. The molecule has 9 heteroatoms. The molecule has 0 spiro atoms. The molecule has 202 valence electrons. The van der Waals surface area contributed by atoms with Gasteiger partial charge in [0.25, 0.3) is 5.91 Å². The van der Waals surface area contributed by atoms with Crippen LogP contribution in [0.5, 0.6) is 11.5 Å². The molecule has 0 aliphatic heterocycles. The lowest BCUT2D eigenvalue weighted by atomic mass is 9.98. The highest BCUT2D eigenvalue weighted by Gasteiger charge is 2.36. The molecule has 38 heavy (non-hydrogen) atoms. The molecule has 3 amide bonds. The van der Waals surface area contributed by atoms with Crippen molar-refractivity contribution in [2.24, 2.45) is 0 Å². The first-order valence-corrected chi connectivity index (χ1v) is 13.1. The second-order valence-corrected chi connectivity index (χ2v) is 10.8. The third-order valence-corrected chi connectivity index (χ3v) is 6.85. The molecule has 0 fully saturated rings. The lowest BCUT2D eigenvalue weighted by Gasteiger charge is -2.35. The number of nitrogens with zero attached hydrogens (tertiary/aromatic N) is 1. The van der Waals surface area contributed by atoms with Crippen LogP contribution in [-0.2, 0) is 9.59 Å². The van der Waals surface area contributed by atoms with E-state index in [1.54, 1.807) is 41.8 Å². The molecule has 0 saturated heterocycles. The van der Waals surface area contributed by atoms with Crippen molar-refractivity contribution in [3.05, 3.63) is 75.5 Å². The molecule has 1 atom stereocenters. The second-order valence-electron chi connectivity index (χ2n) is 9.90. The molecule has 3 aromatic rings. The van der Waals surface area contributed by atoms with Gasteiger partial charge in [0.05, 0.1) is 25.6 Å². The molecule has 1 heterocycles. The van der Waals surface area contributed by atoms with Gasteiger partial charge in [-0.25, -0.2) is 0 Å². The van der Waals surface area contributed by atoms with Gasteiger partial charge in [-0.05, 0) is 81.0 Å². The number of methoxy groups -OCH3 is 2. The van der Waals surface area contributed by atoms with Gasteiger partial charge in [-0.15, -0.1) is 11.3 Å². The Morgan fingerprint density at radius 1 is 0.974 bits per heavy atom. The van der Waals surface area contributed by atoms with E-state index in [2.05, 4.69) is 10.6 Å². The molecule has 1 aromatic heterocycles. The van der Waals surface area contributed by atoms with Crippen molar-refractivity contribution in [1.82, 2.24) is 10.6 Å². The van der Waals surface area contributed by atoms with Gasteiger partial charge in [-0.1, -0.05) is 24.3 Å². The van der Waals surface area contributed by atoms with Gasteiger partial charge in [-0.3, -0.25) is 19.3 Å². The number of aryl methyl sites for hydroxylation is 1. The average Bonchev–Trinajstić information content (AvgIpc) is 3.41. The molecule has 8 nitrogen and oxygen atoms in total. The minimum Gasteiger partial charge on any atom is -0.493 e. The van der Waals surface area contributed by atoms with Crippen molar-refractivity contribution in [3.63, 3.8) is 0 Å². The van der Waals surface area contributed by atoms with Crippen molar-refractivity contribution >= 4 is 34.7 Å². The minimum absolute atomic E-state index is 0.295. The molecule has 0 bridgehead atoms. The number of rotatable bonds is 9. The molecule has 3 rings (SSSR count). The van der Waals surface area contributed by atoms with Gasteiger partial charge in [0, 0.05) is 11.2 Å². The topological polar surface area (TPSA) is 97.0 Å². The summed E-state index contributed by atoms with van der Waals surface area (Å²) in [4.78, 5) is 42.4. The molecular formula is C29H35N3O5S. The summed E-state index contributed by atoms with van der Waals surface area (Å²) < 4.78 is 10.9. The lowest BCUT2D eigenvalue weighted by Crippen LogP contribution is -2.51. The number of anilines is 1.